The van der Waals surface area contributed by atoms with E-state index in [1.54, 1.807) is 7.11 Å². The van der Waals surface area contributed by atoms with E-state index in [1.165, 1.54) is 31.2 Å². The highest BCUT2D eigenvalue weighted by molar-refractivity contribution is 6.05. The van der Waals surface area contributed by atoms with Crippen LogP contribution in [0.3, 0.4) is 0 Å². The zero-order chi connectivity index (χ0) is 18.9. The highest BCUT2D eigenvalue weighted by Gasteiger charge is 2.46. The molecule has 1 aromatic carbocycles. The molecule has 0 spiro atoms. The topological polar surface area (TPSA) is 57.1 Å². The molecule has 2 saturated carbocycles. The number of ether oxygens (including phenoxy) is 3. The van der Waals surface area contributed by atoms with E-state index in [2.05, 4.69) is 17.1 Å². The summed E-state index contributed by atoms with van der Waals surface area (Å²) in [7, 11) is 3.17. The van der Waals surface area contributed by atoms with Gasteiger partial charge in [-0.2, -0.15) is 0 Å². The molecule has 0 bridgehead atoms. The van der Waals surface area contributed by atoms with Crippen molar-refractivity contribution in [1.82, 2.24) is 0 Å². The molecule has 146 valence electrons. The van der Waals surface area contributed by atoms with Crippen molar-refractivity contribution in [2.75, 3.05) is 20.8 Å². The van der Waals surface area contributed by atoms with E-state index in [0.29, 0.717) is 6.10 Å². The van der Waals surface area contributed by atoms with Gasteiger partial charge in [-0.3, -0.25) is 9.79 Å². The predicted molar refractivity (Wildman–Crippen MR) is 104 cm³/mol. The summed E-state index contributed by atoms with van der Waals surface area (Å²) in [6.07, 6.45) is 8.55. The normalized spacial score (nSPS) is 27.8. The van der Waals surface area contributed by atoms with Crippen LogP contribution in [0.5, 0.6) is 11.5 Å². The lowest BCUT2D eigenvalue weighted by atomic mass is 9.65. The van der Waals surface area contributed by atoms with Crippen LogP contribution in [-0.2, 0) is 14.9 Å². The molecule has 5 heteroatoms. The summed E-state index contributed by atoms with van der Waals surface area (Å²) >= 11 is 0. The van der Waals surface area contributed by atoms with Gasteiger partial charge in [-0.25, -0.2) is 0 Å². The van der Waals surface area contributed by atoms with Crippen LogP contribution in [0.25, 0.3) is 0 Å². The molecule has 0 radical (unpaired) electrons. The standard InChI is InChI=1S/C22H29NO4/c1-25-18-8-7-16(13-19(18)27-17-5-3-4-6-17)22(20-14-23-20)11-9-15(10-12-22)21(24)26-2/h7-8,13,15,17H,3-6,9-12,14H2,1-2H3. The fourth-order valence-electron chi connectivity index (χ4n) is 4.85. The molecule has 5 nitrogen and oxygen atoms in total. The predicted octanol–water partition coefficient (Wildman–Crippen LogP) is 4.07. The zero-order valence-corrected chi connectivity index (χ0v) is 16.3. The minimum absolute atomic E-state index is 0.00920. The van der Waals surface area contributed by atoms with Gasteiger partial charge in [0, 0.05) is 11.1 Å². The van der Waals surface area contributed by atoms with E-state index in [9.17, 15) is 4.79 Å². The van der Waals surface area contributed by atoms with Crippen molar-refractivity contribution in [2.24, 2.45) is 10.9 Å². The van der Waals surface area contributed by atoms with Gasteiger partial charge < -0.3 is 14.2 Å². The average Bonchev–Trinajstić information content (AvgIpc) is 3.45. The Balaban J connectivity index is 1.60. The summed E-state index contributed by atoms with van der Waals surface area (Å²) in [5.74, 6) is 1.57. The van der Waals surface area contributed by atoms with Gasteiger partial charge in [0.1, 0.15) is 0 Å². The second-order valence-electron chi connectivity index (χ2n) is 8.03. The lowest BCUT2D eigenvalue weighted by molar-refractivity contribution is -0.146. The van der Waals surface area contributed by atoms with Crippen molar-refractivity contribution in [3.05, 3.63) is 23.8 Å². The Labute approximate surface area is 161 Å². The molecule has 1 aromatic rings. The number of nitrogens with zero attached hydrogens (tertiary/aromatic N) is 1. The Hall–Kier alpha value is -2.04. The molecule has 0 atom stereocenters. The molecule has 0 unspecified atom stereocenters. The first-order valence-electron chi connectivity index (χ1n) is 10.1. The van der Waals surface area contributed by atoms with Gasteiger partial charge in [0.05, 0.1) is 32.8 Å². The summed E-state index contributed by atoms with van der Waals surface area (Å²) < 4.78 is 16.8. The Kier molecular flexibility index (Phi) is 5.11. The summed E-state index contributed by atoms with van der Waals surface area (Å²) in [6.45, 7) is 0.841. The van der Waals surface area contributed by atoms with E-state index >= 15 is 0 Å². The highest BCUT2D eigenvalue weighted by Crippen LogP contribution is 2.47. The Morgan fingerprint density at radius 3 is 2.37 bits per heavy atom. The summed E-state index contributed by atoms with van der Waals surface area (Å²) in [5.41, 5.74) is 2.45. The van der Waals surface area contributed by atoms with Crippen molar-refractivity contribution in [1.29, 1.82) is 0 Å². The van der Waals surface area contributed by atoms with Gasteiger partial charge in [-0.1, -0.05) is 6.07 Å². The molecule has 0 N–H and O–H groups in total. The quantitative estimate of drug-likeness (QED) is 0.707. The lowest BCUT2D eigenvalue weighted by Gasteiger charge is -2.38. The molecule has 4 rings (SSSR count). The first kappa shape index (κ1) is 18.3. The molecule has 1 aliphatic heterocycles. The minimum Gasteiger partial charge on any atom is -0.493 e. The SMILES string of the molecule is COC(=O)C1CCC(C2=NC2)(c2ccc(OC)c(OC3CCCC3)c2)CC1. The van der Waals surface area contributed by atoms with Gasteiger partial charge in [0.2, 0.25) is 0 Å². The first-order valence-corrected chi connectivity index (χ1v) is 10.1. The molecular formula is C22H29NO4. The first-order chi connectivity index (χ1) is 13.2. The Morgan fingerprint density at radius 1 is 1.07 bits per heavy atom. The maximum absolute atomic E-state index is 11.9. The van der Waals surface area contributed by atoms with Crippen molar-refractivity contribution in [3.63, 3.8) is 0 Å². The number of carbonyl (C=O) groups excluding carboxylic acids is 1. The molecule has 1 heterocycles. The summed E-state index contributed by atoms with van der Waals surface area (Å²) in [5, 5.41) is 0. The van der Waals surface area contributed by atoms with Crippen LogP contribution in [-0.4, -0.2) is 38.5 Å². The van der Waals surface area contributed by atoms with E-state index in [1.807, 2.05) is 6.07 Å². The fraction of sp³-hybridized carbons (Fsp3) is 0.636. The number of hydrogen-bond donors (Lipinski definition) is 0. The van der Waals surface area contributed by atoms with Gasteiger partial charge in [0.15, 0.2) is 11.5 Å². The molecule has 2 fully saturated rings. The number of methoxy groups -OCH3 is 2. The monoisotopic (exact) mass is 371 g/mol. The van der Waals surface area contributed by atoms with E-state index < -0.39 is 0 Å². The number of aliphatic imine (C=N–C) groups is 1. The van der Waals surface area contributed by atoms with Crippen molar-refractivity contribution in [3.8, 4) is 11.5 Å². The van der Waals surface area contributed by atoms with Crippen LogP contribution in [0.15, 0.2) is 23.2 Å². The maximum Gasteiger partial charge on any atom is 0.308 e. The zero-order valence-electron chi connectivity index (χ0n) is 16.3. The minimum atomic E-state index is -0.0821. The van der Waals surface area contributed by atoms with Crippen molar-refractivity contribution < 1.29 is 19.0 Å². The van der Waals surface area contributed by atoms with Gasteiger partial charge in [-0.05, 0) is 69.1 Å². The van der Waals surface area contributed by atoms with Crippen LogP contribution >= 0.6 is 0 Å². The molecule has 2 aliphatic carbocycles. The number of esters is 1. The number of carbonyl (C=O) groups is 1. The van der Waals surface area contributed by atoms with E-state index in [4.69, 9.17) is 14.2 Å². The number of benzene rings is 1. The summed E-state index contributed by atoms with van der Waals surface area (Å²) in [6, 6.07) is 6.34. The van der Waals surface area contributed by atoms with Gasteiger partial charge in [0.25, 0.3) is 0 Å². The van der Waals surface area contributed by atoms with Crippen LogP contribution in [0, 0.1) is 5.92 Å². The van der Waals surface area contributed by atoms with Crippen LogP contribution in [0.4, 0.5) is 0 Å². The second kappa shape index (κ2) is 7.53. The number of hydrogen-bond acceptors (Lipinski definition) is 5. The average molecular weight is 371 g/mol. The van der Waals surface area contributed by atoms with E-state index in [0.717, 1.165) is 56.6 Å². The van der Waals surface area contributed by atoms with Gasteiger partial charge >= 0.3 is 5.97 Å². The molecule has 0 aromatic heterocycles. The van der Waals surface area contributed by atoms with Crippen LogP contribution in [0.2, 0.25) is 0 Å². The lowest BCUT2D eigenvalue weighted by Crippen LogP contribution is -2.38. The molecule has 3 aliphatic rings. The second-order valence-corrected chi connectivity index (χ2v) is 8.03. The van der Waals surface area contributed by atoms with Crippen LogP contribution < -0.4 is 9.47 Å². The third-order valence-electron chi connectivity index (χ3n) is 6.55. The molecule has 0 amide bonds. The smallest absolute Gasteiger partial charge is 0.308 e. The Bertz CT molecular complexity index is 728. The third kappa shape index (κ3) is 3.56. The van der Waals surface area contributed by atoms with Crippen LogP contribution in [0.1, 0.15) is 56.9 Å². The van der Waals surface area contributed by atoms with Gasteiger partial charge in [-0.15, -0.1) is 0 Å². The van der Waals surface area contributed by atoms with Crippen molar-refractivity contribution in [2.45, 2.75) is 62.9 Å². The molecular weight excluding hydrogens is 342 g/mol. The molecule has 0 saturated heterocycles. The fourth-order valence-corrected chi connectivity index (χ4v) is 4.85. The highest BCUT2D eigenvalue weighted by atomic mass is 16.5. The third-order valence-corrected chi connectivity index (χ3v) is 6.55. The summed E-state index contributed by atoms with van der Waals surface area (Å²) in [4.78, 5) is 16.5. The van der Waals surface area contributed by atoms with Crippen molar-refractivity contribution >= 4 is 11.7 Å². The number of rotatable bonds is 6. The molecule has 27 heavy (non-hydrogen) atoms. The van der Waals surface area contributed by atoms with E-state index in [-0.39, 0.29) is 17.3 Å². The maximum atomic E-state index is 11.9. The largest absolute Gasteiger partial charge is 0.493 e. The Morgan fingerprint density at radius 2 is 1.78 bits per heavy atom.